The first-order chi connectivity index (χ1) is 18.9. The minimum absolute atomic E-state index is 0.153. The number of rotatable bonds is 11. The predicted octanol–water partition coefficient (Wildman–Crippen LogP) is 2.87. The van der Waals surface area contributed by atoms with Gasteiger partial charge in [0.25, 0.3) is 0 Å². The van der Waals surface area contributed by atoms with Crippen LogP contribution in [-0.2, 0) is 33.8 Å². The van der Waals surface area contributed by atoms with Crippen molar-refractivity contribution in [3.63, 3.8) is 0 Å². The van der Waals surface area contributed by atoms with Crippen LogP contribution in [0.5, 0.6) is 0 Å². The van der Waals surface area contributed by atoms with Crippen molar-refractivity contribution in [3.05, 3.63) is 131 Å². The number of hydrogen-bond acceptors (Lipinski definition) is 5. The van der Waals surface area contributed by atoms with Crippen LogP contribution >= 0.6 is 0 Å². The first-order valence-corrected chi connectivity index (χ1v) is 12.6. The smallest absolute Gasteiger partial charge is 0.243 e. The number of amides is 3. The van der Waals surface area contributed by atoms with Gasteiger partial charge in [-0.2, -0.15) is 0 Å². The number of pyridine rings is 1. The van der Waals surface area contributed by atoms with Gasteiger partial charge in [-0.1, -0.05) is 91.0 Å². The van der Waals surface area contributed by atoms with Gasteiger partial charge in [-0.25, -0.2) is 4.98 Å². The SMILES string of the molecule is NC(=O)Cc1ccc(CNC(=O)C(Cc2ccc(N)nc2)NC(=O)C(c2ccccc2)c2ccccc2)cc1. The van der Waals surface area contributed by atoms with E-state index in [0.717, 1.165) is 27.8 Å². The summed E-state index contributed by atoms with van der Waals surface area (Å²) in [6.07, 6.45) is 1.99. The van der Waals surface area contributed by atoms with E-state index in [4.69, 9.17) is 11.5 Å². The monoisotopic (exact) mass is 521 g/mol. The highest BCUT2D eigenvalue weighted by Crippen LogP contribution is 2.25. The minimum atomic E-state index is -0.855. The highest BCUT2D eigenvalue weighted by atomic mass is 16.2. The summed E-state index contributed by atoms with van der Waals surface area (Å²) >= 11 is 0. The molecule has 0 aliphatic heterocycles. The first kappa shape index (κ1) is 27.1. The highest BCUT2D eigenvalue weighted by Gasteiger charge is 2.28. The number of anilines is 1. The molecular weight excluding hydrogens is 490 g/mol. The molecule has 1 unspecified atom stereocenters. The average molecular weight is 522 g/mol. The first-order valence-electron chi connectivity index (χ1n) is 12.6. The molecule has 0 spiro atoms. The molecule has 1 heterocycles. The largest absolute Gasteiger partial charge is 0.384 e. The summed E-state index contributed by atoms with van der Waals surface area (Å²) in [6, 6.07) is 28.8. The number of primary amides is 1. The van der Waals surface area contributed by atoms with Gasteiger partial charge in [0.15, 0.2) is 0 Å². The molecule has 0 saturated carbocycles. The highest BCUT2D eigenvalue weighted by molar-refractivity contribution is 5.92. The van der Waals surface area contributed by atoms with E-state index in [9.17, 15) is 14.4 Å². The molecule has 39 heavy (non-hydrogen) atoms. The summed E-state index contributed by atoms with van der Waals surface area (Å²) in [5.74, 6) is -1.24. The molecule has 0 bridgehead atoms. The lowest BCUT2D eigenvalue weighted by atomic mass is 9.90. The molecule has 198 valence electrons. The maximum atomic E-state index is 13.7. The number of hydrogen-bond donors (Lipinski definition) is 4. The maximum Gasteiger partial charge on any atom is 0.243 e. The summed E-state index contributed by atoms with van der Waals surface area (Å²) in [4.78, 5) is 42.4. The number of carbonyl (C=O) groups is 3. The fraction of sp³-hybridized carbons (Fsp3) is 0.161. The zero-order valence-electron chi connectivity index (χ0n) is 21.4. The molecule has 0 aliphatic rings. The van der Waals surface area contributed by atoms with E-state index in [1.165, 1.54) is 0 Å². The Morgan fingerprint density at radius 3 is 1.82 bits per heavy atom. The van der Waals surface area contributed by atoms with Crippen LogP contribution in [0.2, 0.25) is 0 Å². The molecular formula is C31H31N5O3. The quantitative estimate of drug-likeness (QED) is 0.240. The maximum absolute atomic E-state index is 13.7. The number of nitrogens with two attached hydrogens (primary N) is 2. The lowest BCUT2D eigenvalue weighted by Gasteiger charge is -2.23. The molecule has 0 radical (unpaired) electrons. The Morgan fingerprint density at radius 2 is 1.28 bits per heavy atom. The van der Waals surface area contributed by atoms with Crippen molar-refractivity contribution in [3.8, 4) is 0 Å². The van der Waals surface area contributed by atoms with Gasteiger partial charge >= 0.3 is 0 Å². The van der Waals surface area contributed by atoms with Crippen LogP contribution in [-0.4, -0.2) is 28.7 Å². The van der Waals surface area contributed by atoms with E-state index in [0.29, 0.717) is 5.82 Å². The molecule has 8 nitrogen and oxygen atoms in total. The zero-order valence-corrected chi connectivity index (χ0v) is 21.4. The van der Waals surface area contributed by atoms with Crippen LogP contribution in [0.15, 0.2) is 103 Å². The van der Waals surface area contributed by atoms with Crippen LogP contribution in [0.3, 0.4) is 0 Å². The molecule has 6 N–H and O–H groups in total. The number of carbonyl (C=O) groups excluding carboxylic acids is 3. The van der Waals surface area contributed by atoms with Crippen molar-refractivity contribution in [2.75, 3.05) is 5.73 Å². The van der Waals surface area contributed by atoms with Crippen molar-refractivity contribution in [2.45, 2.75) is 31.3 Å². The Kier molecular flexibility index (Phi) is 9.03. The van der Waals surface area contributed by atoms with Gasteiger partial charge in [0.1, 0.15) is 11.9 Å². The summed E-state index contributed by atoms with van der Waals surface area (Å²) < 4.78 is 0. The summed E-state index contributed by atoms with van der Waals surface area (Å²) in [7, 11) is 0. The van der Waals surface area contributed by atoms with Gasteiger partial charge in [0.2, 0.25) is 17.7 Å². The molecule has 8 heteroatoms. The van der Waals surface area contributed by atoms with E-state index in [1.54, 1.807) is 30.5 Å². The summed E-state index contributed by atoms with van der Waals surface area (Å²) in [5.41, 5.74) is 15.0. The van der Waals surface area contributed by atoms with Gasteiger partial charge in [-0.3, -0.25) is 14.4 Å². The second-order valence-corrected chi connectivity index (χ2v) is 9.29. The number of aromatic nitrogens is 1. The van der Waals surface area contributed by atoms with E-state index in [-0.39, 0.29) is 31.2 Å². The topological polar surface area (TPSA) is 140 Å². The summed E-state index contributed by atoms with van der Waals surface area (Å²) in [6.45, 7) is 0.253. The van der Waals surface area contributed by atoms with Crippen molar-refractivity contribution in [1.29, 1.82) is 0 Å². The normalized spacial score (nSPS) is 11.5. The van der Waals surface area contributed by atoms with Crippen LogP contribution in [0.25, 0.3) is 0 Å². The van der Waals surface area contributed by atoms with Crippen LogP contribution < -0.4 is 22.1 Å². The van der Waals surface area contributed by atoms with Crippen LogP contribution in [0, 0.1) is 0 Å². The van der Waals surface area contributed by atoms with Crippen molar-refractivity contribution in [2.24, 2.45) is 5.73 Å². The number of nitrogen functional groups attached to an aromatic ring is 1. The number of nitrogens with zero attached hydrogens (tertiary/aromatic N) is 1. The number of benzene rings is 3. The second-order valence-electron chi connectivity index (χ2n) is 9.29. The van der Waals surface area contributed by atoms with E-state index < -0.39 is 17.9 Å². The molecule has 0 saturated heterocycles. The Balaban J connectivity index is 1.53. The van der Waals surface area contributed by atoms with Gasteiger partial charge in [-0.05, 0) is 33.9 Å². The van der Waals surface area contributed by atoms with Gasteiger partial charge in [0, 0.05) is 19.2 Å². The standard InChI is InChI=1S/C31H31N5O3/c32-27-16-15-23(20-34-27)17-26(30(38)35-19-22-13-11-21(12-14-22)18-28(33)37)36-31(39)29(24-7-3-1-4-8-24)25-9-5-2-6-10-25/h1-16,20,26,29H,17-19H2,(H2,32,34)(H2,33,37)(H,35,38)(H,36,39). The van der Waals surface area contributed by atoms with Crippen LogP contribution in [0.4, 0.5) is 5.82 Å². The zero-order chi connectivity index (χ0) is 27.6. The lowest BCUT2D eigenvalue weighted by molar-refractivity contribution is -0.129. The fourth-order valence-corrected chi connectivity index (χ4v) is 4.33. The minimum Gasteiger partial charge on any atom is -0.384 e. The second kappa shape index (κ2) is 13.0. The molecule has 4 aromatic rings. The average Bonchev–Trinajstić information content (AvgIpc) is 2.94. The molecule has 0 fully saturated rings. The van der Waals surface area contributed by atoms with Crippen molar-refractivity contribution in [1.82, 2.24) is 15.6 Å². The molecule has 3 amide bonds. The predicted molar refractivity (Wildman–Crippen MR) is 150 cm³/mol. The van der Waals surface area contributed by atoms with Gasteiger partial charge in [0.05, 0.1) is 12.3 Å². The van der Waals surface area contributed by atoms with Gasteiger partial charge in [-0.15, -0.1) is 0 Å². The van der Waals surface area contributed by atoms with Crippen molar-refractivity contribution < 1.29 is 14.4 Å². The Hall–Kier alpha value is -4.98. The third kappa shape index (κ3) is 7.75. The Labute approximate surface area is 227 Å². The third-order valence-electron chi connectivity index (χ3n) is 6.32. The molecule has 4 rings (SSSR count). The van der Waals surface area contributed by atoms with E-state index >= 15 is 0 Å². The van der Waals surface area contributed by atoms with Crippen molar-refractivity contribution >= 4 is 23.5 Å². The Bertz CT molecular complexity index is 1350. The molecule has 1 atom stereocenters. The van der Waals surface area contributed by atoms with E-state index in [2.05, 4.69) is 15.6 Å². The third-order valence-corrected chi connectivity index (χ3v) is 6.32. The summed E-state index contributed by atoms with van der Waals surface area (Å²) in [5, 5.41) is 5.91. The molecule has 0 aliphatic carbocycles. The Morgan fingerprint density at radius 1 is 0.718 bits per heavy atom. The van der Waals surface area contributed by atoms with Gasteiger partial charge < -0.3 is 22.1 Å². The lowest BCUT2D eigenvalue weighted by Crippen LogP contribution is -2.49. The van der Waals surface area contributed by atoms with Crippen LogP contribution in [0.1, 0.15) is 33.7 Å². The van der Waals surface area contributed by atoms with E-state index in [1.807, 2.05) is 72.8 Å². The molecule has 1 aromatic heterocycles. The number of nitrogens with one attached hydrogen (secondary N) is 2. The fourth-order valence-electron chi connectivity index (χ4n) is 4.33. The molecule has 3 aromatic carbocycles.